The van der Waals surface area contributed by atoms with Crippen LogP contribution >= 0.6 is 0 Å². The van der Waals surface area contributed by atoms with Gasteiger partial charge in [0.15, 0.2) is 23.9 Å². The Bertz CT molecular complexity index is 1330. The molecule has 1 amide bonds. The number of benzene rings is 2. The maximum absolute atomic E-state index is 14.9. The van der Waals surface area contributed by atoms with Crippen LogP contribution in [0.25, 0.3) is 11.3 Å². The summed E-state index contributed by atoms with van der Waals surface area (Å²) in [4.78, 5) is 24.5. The topological polar surface area (TPSA) is 91.9 Å². The van der Waals surface area contributed by atoms with Crippen molar-refractivity contribution in [2.75, 3.05) is 55.0 Å². The first-order chi connectivity index (χ1) is 17.9. The predicted molar refractivity (Wildman–Crippen MR) is 137 cm³/mol. The van der Waals surface area contributed by atoms with Crippen molar-refractivity contribution in [3.8, 4) is 22.8 Å². The smallest absolute Gasteiger partial charge is 0.265 e. The highest BCUT2D eigenvalue weighted by Crippen LogP contribution is 2.44. The molecule has 2 aliphatic rings. The third kappa shape index (κ3) is 4.86. The normalized spacial score (nSPS) is 15.5. The van der Waals surface area contributed by atoms with E-state index >= 15 is 0 Å². The van der Waals surface area contributed by atoms with E-state index in [-0.39, 0.29) is 36.0 Å². The summed E-state index contributed by atoms with van der Waals surface area (Å²) in [5.74, 6) is -0.385. The molecule has 2 aliphatic heterocycles. The number of methoxy groups -OCH3 is 1. The molecule has 0 atom stereocenters. The number of fused-ring (bicyclic) bond motifs is 1. The largest absolute Gasteiger partial charge is 0.493 e. The Morgan fingerprint density at radius 1 is 1.11 bits per heavy atom. The number of anilines is 4. The van der Waals surface area contributed by atoms with E-state index in [1.54, 1.807) is 29.2 Å². The van der Waals surface area contributed by atoms with Gasteiger partial charge in [0.1, 0.15) is 11.5 Å². The molecule has 0 bridgehead atoms. The molecule has 2 N–H and O–H groups in total. The van der Waals surface area contributed by atoms with Gasteiger partial charge in [0.25, 0.3) is 5.91 Å². The number of carbonyl (C=O) groups excluding carboxylic acids is 1. The van der Waals surface area contributed by atoms with Gasteiger partial charge < -0.3 is 29.9 Å². The summed E-state index contributed by atoms with van der Waals surface area (Å²) in [6.07, 6.45) is 1.05. The van der Waals surface area contributed by atoms with Crippen LogP contribution < -0.4 is 29.9 Å². The zero-order valence-corrected chi connectivity index (χ0v) is 20.8. The molecule has 2 aromatic carbocycles. The van der Waals surface area contributed by atoms with Crippen LogP contribution in [0.4, 0.5) is 31.8 Å². The average Bonchev–Trinajstić information content (AvgIpc) is 2.89. The van der Waals surface area contributed by atoms with E-state index in [0.29, 0.717) is 34.1 Å². The number of carbonyl (C=O) groups is 1. The molecule has 1 saturated heterocycles. The van der Waals surface area contributed by atoms with Crippen molar-refractivity contribution in [3.05, 3.63) is 48.2 Å². The second-order valence-electron chi connectivity index (χ2n) is 9.09. The van der Waals surface area contributed by atoms with E-state index in [9.17, 15) is 13.6 Å². The van der Waals surface area contributed by atoms with Crippen molar-refractivity contribution in [1.82, 2.24) is 15.3 Å². The monoisotopic (exact) mass is 510 g/mol. The van der Waals surface area contributed by atoms with E-state index in [4.69, 9.17) is 9.47 Å². The number of nitrogens with one attached hydrogen (secondary N) is 2. The maximum Gasteiger partial charge on any atom is 0.265 e. The van der Waals surface area contributed by atoms with Gasteiger partial charge in [-0.1, -0.05) is 0 Å². The zero-order valence-electron chi connectivity index (χ0n) is 20.8. The number of hydrogen-bond donors (Lipinski definition) is 2. The Hall–Kier alpha value is -3.99. The molecular formula is C26H28F2N6O3. The molecule has 11 heteroatoms. The third-order valence-electron chi connectivity index (χ3n) is 6.32. The van der Waals surface area contributed by atoms with Crippen molar-refractivity contribution in [3.63, 3.8) is 0 Å². The molecule has 0 aliphatic carbocycles. The first-order valence-electron chi connectivity index (χ1n) is 12.1. The highest BCUT2D eigenvalue weighted by Gasteiger charge is 2.31. The number of hydrogen-bond acceptors (Lipinski definition) is 8. The molecule has 5 rings (SSSR count). The zero-order chi connectivity index (χ0) is 26.1. The second-order valence-corrected chi connectivity index (χ2v) is 9.09. The summed E-state index contributed by atoms with van der Waals surface area (Å²) in [7, 11) is 1.47. The first kappa shape index (κ1) is 24.7. The summed E-state index contributed by atoms with van der Waals surface area (Å²) >= 11 is 0. The average molecular weight is 511 g/mol. The van der Waals surface area contributed by atoms with Gasteiger partial charge in [-0.25, -0.2) is 18.7 Å². The number of rotatable bonds is 6. The molecule has 194 valence electrons. The fourth-order valence-electron chi connectivity index (χ4n) is 4.61. The summed E-state index contributed by atoms with van der Waals surface area (Å²) < 4.78 is 40.9. The second kappa shape index (κ2) is 10.2. The number of amides is 1. The molecule has 1 fully saturated rings. The van der Waals surface area contributed by atoms with Gasteiger partial charge in [0, 0.05) is 43.5 Å². The van der Waals surface area contributed by atoms with Crippen molar-refractivity contribution in [2.24, 2.45) is 0 Å². The Balaban J connectivity index is 1.47. The van der Waals surface area contributed by atoms with Gasteiger partial charge in [-0.05, 0) is 44.2 Å². The first-order valence-corrected chi connectivity index (χ1v) is 12.1. The Kier molecular flexibility index (Phi) is 6.79. The summed E-state index contributed by atoms with van der Waals surface area (Å²) in [6.45, 7) is 6.70. The lowest BCUT2D eigenvalue weighted by molar-refractivity contribution is -0.121. The lowest BCUT2D eigenvalue weighted by atomic mass is 10.1. The van der Waals surface area contributed by atoms with Gasteiger partial charge in [0.2, 0.25) is 5.95 Å². The summed E-state index contributed by atoms with van der Waals surface area (Å²) in [5, 5.41) is 6.20. The van der Waals surface area contributed by atoms with E-state index in [1.165, 1.54) is 13.2 Å². The lowest BCUT2D eigenvalue weighted by Gasteiger charge is -2.33. The molecule has 0 unspecified atom stereocenters. The van der Waals surface area contributed by atoms with Crippen LogP contribution in [0.1, 0.15) is 13.8 Å². The lowest BCUT2D eigenvalue weighted by Crippen LogP contribution is -2.43. The van der Waals surface area contributed by atoms with Crippen molar-refractivity contribution in [1.29, 1.82) is 0 Å². The van der Waals surface area contributed by atoms with Gasteiger partial charge in [0.05, 0.1) is 24.7 Å². The van der Waals surface area contributed by atoms with E-state index in [2.05, 4.69) is 20.6 Å². The number of piperazine rings is 1. The molecule has 37 heavy (non-hydrogen) atoms. The molecule has 0 spiro atoms. The minimum atomic E-state index is -0.660. The molecular weight excluding hydrogens is 482 g/mol. The van der Waals surface area contributed by atoms with E-state index in [1.807, 2.05) is 18.7 Å². The SMILES string of the molecule is COc1cc(-c2nc(Nc3ccc(N4CCNCC4)c(F)c3)ncc2F)cc2c1OCC(=O)N2C(C)C. The van der Waals surface area contributed by atoms with Gasteiger partial charge in [-0.3, -0.25) is 4.79 Å². The minimum Gasteiger partial charge on any atom is -0.493 e. The fraction of sp³-hybridized carbons (Fsp3) is 0.346. The Morgan fingerprint density at radius 3 is 2.59 bits per heavy atom. The summed E-state index contributed by atoms with van der Waals surface area (Å²) in [6, 6.07) is 7.91. The van der Waals surface area contributed by atoms with Crippen LogP contribution in [0, 0.1) is 11.6 Å². The van der Waals surface area contributed by atoms with E-state index < -0.39 is 5.82 Å². The standard InChI is InChI=1S/C26H28F2N6O3/c1-15(2)34-21-10-16(11-22(36-3)25(21)37-14-23(34)35)24-19(28)13-30-26(32-24)31-17-4-5-20(18(27)12-17)33-8-6-29-7-9-33/h4-5,10-13,15,29H,6-9,14H2,1-3H3,(H,30,31,32). The quantitative estimate of drug-likeness (QED) is 0.519. The highest BCUT2D eigenvalue weighted by atomic mass is 19.1. The van der Waals surface area contributed by atoms with Crippen LogP contribution in [0.15, 0.2) is 36.5 Å². The minimum absolute atomic E-state index is 0.00163. The number of ether oxygens (including phenoxy) is 2. The molecule has 9 nitrogen and oxygen atoms in total. The van der Waals surface area contributed by atoms with Crippen LogP contribution in [0.2, 0.25) is 0 Å². The number of nitrogens with zero attached hydrogens (tertiary/aromatic N) is 4. The van der Waals surface area contributed by atoms with E-state index in [0.717, 1.165) is 32.4 Å². The van der Waals surface area contributed by atoms with Crippen LogP contribution in [-0.2, 0) is 4.79 Å². The molecule has 3 heterocycles. The molecule has 1 aromatic heterocycles. The van der Waals surface area contributed by atoms with Crippen molar-refractivity contribution < 1.29 is 23.0 Å². The van der Waals surface area contributed by atoms with Crippen LogP contribution in [0.3, 0.4) is 0 Å². The highest BCUT2D eigenvalue weighted by molar-refractivity contribution is 6.00. The van der Waals surface area contributed by atoms with Gasteiger partial charge >= 0.3 is 0 Å². The predicted octanol–water partition coefficient (Wildman–Crippen LogP) is 3.72. The maximum atomic E-state index is 14.9. The Morgan fingerprint density at radius 2 is 1.89 bits per heavy atom. The molecule has 0 radical (unpaired) electrons. The van der Waals surface area contributed by atoms with Crippen molar-refractivity contribution in [2.45, 2.75) is 19.9 Å². The van der Waals surface area contributed by atoms with Gasteiger partial charge in [-0.2, -0.15) is 0 Å². The summed E-state index contributed by atoms with van der Waals surface area (Å²) in [5.41, 5.74) is 1.81. The van der Waals surface area contributed by atoms with Crippen LogP contribution in [-0.4, -0.2) is 61.8 Å². The fourth-order valence-corrected chi connectivity index (χ4v) is 4.61. The molecule has 3 aromatic rings. The van der Waals surface area contributed by atoms with Crippen LogP contribution in [0.5, 0.6) is 11.5 Å². The Labute approximate surface area is 213 Å². The van der Waals surface area contributed by atoms with Gasteiger partial charge in [-0.15, -0.1) is 0 Å². The third-order valence-corrected chi connectivity index (χ3v) is 6.32. The number of halogens is 2. The number of aromatic nitrogens is 2. The van der Waals surface area contributed by atoms with Crippen molar-refractivity contribution >= 4 is 28.9 Å². The molecule has 0 saturated carbocycles.